The van der Waals surface area contributed by atoms with Crippen LogP contribution in [-0.4, -0.2) is 55.3 Å². The summed E-state index contributed by atoms with van der Waals surface area (Å²) < 4.78 is 5.72. The molecule has 1 N–H and O–H groups in total. The number of aliphatic hydroxyl groups is 1. The van der Waals surface area contributed by atoms with Crippen molar-refractivity contribution in [2.45, 2.75) is 58.0 Å². The number of aliphatic carboxylic acids is 1. The number of likely N-dealkylation sites (N-methyl/N-ethyl adjacent to an activating group) is 1. The number of ether oxygens (including phenoxy) is 1. The third-order valence-corrected chi connectivity index (χ3v) is 3.21. The second-order valence-corrected chi connectivity index (χ2v) is 6.85. The Kier molecular flexibility index (Phi) is 10.3. The smallest absolute Gasteiger partial charge is 0.306 e. The molecule has 0 aromatic rings. The predicted octanol–water partition coefficient (Wildman–Crippen LogP) is 1.55. The molecule has 0 radical (unpaired) electrons. The highest BCUT2D eigenvalue weighted by atomic mass is 16.5. The monoisotopic (exact) mass is 329 g/mol. The number of quaternary nitrogens is 1. The first-order valence-electron chi connectivity index (χ1n) is 8.21. The summed E-state index contributed by atoms with van der Waals surface area (Å²) in [4.78, 5) is 22.6. The summed E-state index contributed by atoms with van der Waals surface area (Å²) in [6, 6.07) is 0. The maximum absolute atomic E-state index is 11.8. The highest BCUT2D eigenvalue weighted by Crippen LogP contribution is 2.10. The molecule has 134 valence electrons. The number of carbonyl (C=O) groups excluding carboxylic acids is 2. The zero-order valence-corrected chi connectivity index (χ0v) is 14.8. The van der Waals surface area contributed by atoms with E-state index < -0.39 is 18.0 Å². The van der Waals surface area contributed by atoms with Gasteiger partial charge in [-0.15, -0.1) is 0 Å². The molecule has 0 aliphatic heterocycles. The average molecular weight is 329 g/mol. The molecule has 0 spiro atoms. The fourth-order valence-electron chi connectivity index (χ4n) is 2.20. The van der Waals surface area contributed by atoms with Crippen LogP contribution in [0.3, 0.4) is 0 Å². The lowest BCUT2D eigenvalue weighted by Gasteiger charge is -2.29. The summed E-state index contributed by atoms with van der Waals surface area (Å²) in [6.45, 7) is 2.49. The number of hydrogen-bond donors (Lipinski definition) is 1. The van der Waals surface area contributed by atoms with Gasteiger partial charge in [0.2, 0.25) is 0 Å². The van der Waals surface area contributed by atoms with Crippen LogP contribution in [0, 0.1) is 0 Å². The number of allylic oxidation sites excluding steroid dienone is 2. The van der Waals surface area contributed by atoms with Crippen molar-refractivity contribution >= 4 is 11.9 Å². The number of carbonyl (C=O) groups is 2. The van der Waals surface area contributed by atoms with Crippen LogP contribution in [0.15, 0.2) is 11.8 Å². The topological polar surface area (TPSA) is 86.7 Å². The van der Waals surface area contributed by atoms with Crippen molar-refractivity contribution in [3.05, 3.63) is 11.8 Å². The van der Waals surface area contributed by atoms with Gasteiger partial charge in [-0.3, -0.25) is 4.79 Å². The lowest BCUT2D eigenvalue weighted by Crippen LogP contribution is -2.45. The third-order valence-electron chi connectivity index (χ3n) is 3.21. The Hall–Kier alpha value is -1.56. The van der Waals surface area contributed by atoms with Gasteiger partial charge in [0.15, 0.2) is 6.10 Å². The van der Waals surface area contributed by atoms with Gasteiger partial charge in [0, 0.05) is 25.2 Å². The summed E-state index contributed by atoms with van der Waals surface area (Å²) in [6.07, 6.45) is 4.84. The molecular weight excluding hydrogens is 298 g/mol. The second kappa shape index (κ2) is 11.0. The zero-order valence-electron chi connectivity index (χ0n) is 14.8. The van der Waals surface area contributed by atoms with Gasteiger partial charge in [-0.2, -0.15) is 0 Å². The van der Waals surface area contributed by atoms with Crippen LogP contribution in [0.25, 0.3) is 0 Å². The van der Waals surface area contributed by atoms with E-state index in [0.29, 0.717) is 29.6 Å². The van der Waals surface area contributed by atoms with Crippen molar-refractivity contribution in [1.82, 2.24) is 0 Å². The molecule has 0 bridgehead atoms. The Balaban J connectivity index is 4.26. The predicted molar refractivity (Wildman–Crippen MR) is 86.5 cm³/mol. The lowest BCUT2D eigenvalue weighted by molar-refractivity contribution is -0.873. The molecule has 0 aromatic heterocycles. The van der Waals surface area contributed by atoms with Crippen molar-refractivity contribution < 1.29 is 29.0 Å². The zero-order chi connectivity index (χ0) is 17.9. The second-order valence-electron chi connectivity index (χ2n) is 6.85. The molecule has 1 atom stereocenters. The van der Waals surface area contributed by atoms with Gasteiger partial charge in [0.1, 0.15) is 6.54 Å². The minimum absolute atomic E-state index is 0.124. The molecule has 0 rings (SSSR count). The maximum Gasteiger partial charge on any atom is 0.306 e. The van der Waals surface area contributed by atoms with Crippen molar-refractivity contribution in [3.8, 4) is 0 Å². The van der Waals surface area contributed by atoms with Crippen molar-refractivity contribution in [2.75, 3.05) is 27.7 Å². The van der Waals surface area contributed by atoms with Crippen LogP contribution in [-0.2, 0) is 14.3 Å². The minimum Gasteiger partial charge on any atom is -0.550 e. The summed E-state index contributed by atoms with van der Waals surface area (Å²) in [5.41, 5.74) is 0. The normalized spacial score (nSPS) is 13.7. The van der Waals surface area contributed by atoms with Crippen LogP contribution in [0.1, 0.15) is 51.9 Å². The molecule has 23 heavy (non-hydrogen) atoms. The first-order valence-corrected chi connectivity index (χ1v) is 8.21. The molecule has 0 aromatic carbocycles. The molecule has 0 saturated carbocycles. The van der Waals surface area contributed by atoms with E-state index in [1.807, 2.05) is 21.1 Å². The highest BCUT2D eigenvalue weighted by Gasteiger charge is 2.22. The molecule has 0 heterocycles. The number of esters is 1. The molecule has 0 aliphatic carbocycles. The summed E-state index contributed by atoms with van der Waals surface area (Å²) in [5.74, 6) is -1.39. The average Bonchev–Trinajstić information content (AvgIpc) is 2.35. The molecule has 6 heteroatoms. The largest absolute Gasteiger partial charge is 0.550 e. The van der Waals surface area contributed by atoms with Gasteiger partial charge in [-0.05, 0) is 18.9 Å². The van der Waals surface area contributed by atoms with Crippen molar-refractivity contribution in [3.63, 3.8) is 0 Å². The summed E-state index contributed by atoms with van der Waals surface area (Å²) in [5, 5.41) is 20.4. The van der Waals surface area contributed by atoms with Crippen molar-refractivity contribution in [2.24, 2.45) is 0 Å². The van der Waals surface area contributed by atoms with E-state index >= 15 is 0 Å². The van der Waals surface area contributed by atoms with Crippen molar-refractivity contribution in [1.29, 1.82) is 0 Å². The van der Waals surface area contributed by atoms with E-state index in [9.17, 15) is 19.8 Å². The molecule has 0 fully saturated rings. The van der Waals surface area contributed by atoms with Gasteiger partial charge in [0.05, 0.1) is 26.9 Å². The fourth-order valence-corrected chi connectivity index (χ4v) is 2.20. The Morgan fingerprint density at radius 2 is 1.87 bits per heavy atom. The first-order chi connectivity index (χ1) is 10.6. The maximum atomic E-state index is 11.8. The van der Waals surface area contributed by atoms with Gasteiger partial charge >= 0.3 is 5.97 Å². The van der Waals surface area contributed by atoms with E-state index in [-0.39, 0.29) is 12.8 Å². The summed E-state index contributed by atoms with van der Waals surface area (Å²) >= 11 is 0. The minimum atomic E-state index is -1.23. The Morgan fingerprint density at radius 3 is 2.39 bits per heavy atom. The standard InChI is InChI=1S/C17H31NO5/c1-5-6-7-9-14(19)10-8-11-17(22)23-15(12-16(20)21)13-18(2,3)4/h10,15H,5-9,11-13H2,1-4H3,(H-,19,20,21)/b14-10-. The number of hydrogen-bond acceptors (Lipinski definition) is 5. The van der Waals surface area contributed by atoms with E-state index in [0.717, 1.165) is 19.3 Å². The molecule has 1 unspecified atom stereocenters. The number of rotatable bonds is 12. The Labute approximate surface area is 139 Å². The van der Waals surface area contributed by atoms with Crippen LogP contribution >= 0.6 is 0 Å². The highest BCUT2D eigenvalue weighted by molar-refractivity contribution is 5.71. The quantitative estimate of drug-likeness (QED) is 0.254. The van der Waals surface area contributed by atoms with Gasteiger partial charge in [-0.1, -0.05) is 19.8 Å². The number of carboxylic acids is 1. The molecule has 6 nitrogen and oxygen atoms in total. The molecule has 0 amide bonds. The van der Waals surface area contributed by atoms with E-state index in [1.165, 1.54) is 0 Å². The van der Waals surface area contributed by atoms with Crippen LogP contribution in [0.5, 0.6) is 0 Å². The van der Waals surface area contributed by atoms with Gasteiger partial charge in [0.25, 0.3) is 0 Å². The fraction of sp³-hybridized carbons (Fsp3) is 0.765. The first kappa shape index (κ1) is 21.4. The molecular formula is C17H31NO5. The van der Waals surface area contributed by atoms with E-state index in [2.05, 4.69) is 6.92 Å². The van der Waals surface area contributed by atoms with Gasteiger partial charge in [-0.25, -0.2) is 0 Å². The van der Waals surface area contributed by atoms with E-state index in [1.54, 1.807) is 6.08 Å². The summed E-state index contributed by atoms with van der Waals surface area (Å²) in [7, 11) is 5.69. The SMILES string of the molecule is CCCCC/C(O)=C/CCC(=O)OC(CC(=O)[O-])C[N+](C)(C)C. The lowest BCUT2D eigenvalue weighted by atomic mass is 10.1. The van der Waals surface area contributed by atoms with Gasteiger partial charge < -0.3 is 24.2 Å². The van der Waals surface area contributed by atoms with Crippen LogP contribution in [0.2, 0.25) is 0 Å². The Morgan fingerprint density at radius 1 is 1.22 bits per heavy atom. The molecule has 0 saturated heterocycles. The van der Waals surface area contributed by atoms with E-state index in [4.69, 9.17) is 4.74 Å². The third kappa shape index (κ3) is 13.8. The number of unbranched alkanes of at least 4 members (excludes halogenated alkanes) is 2. The number of nitrogens with zero attached hydrogens (tertiary/aromatic N) is 1. The van der Waals surface area contributed by atoms with Crippen LogP contribution in [0.4, 0.5) is 0 Å². The number of carboxylic acid groups (broad SMARTS) is 1. The number of aliphatic hydroxyl groups excluding tert-OH is 1. The Bertz CT molecular complexity index is 398. The van der Waals surface area contributed by atoms with Crippen LogP contribution < -0.4 is 5.11 Å². The molecule has 0 aliphatic rings.